The third kappa shape index (κ3) is 5.67. The van der Waals surface area contributed by atoms with E-state index in [1.165, 1.54) is 89.3 Å². The Morgan fingerprint density at radius 3 is 1.44 bits per heavy atom. The van der Waals surface area contributed by atoms with Gasteiger partial charge in [-0.1, -0.05) is 210 Å². The molecule has 1 aliphatic heterocycles. The van der Waals surface area contributed by atoms with Crippen LogP contribution in [0.1, 0.15) is 44.5 Å². The summed E-state index contributed by atoms with van der Waals surface area (Å²) in [7, 11) is 0. The molecule has 0 aromatic heterocycles. The minimum absolute atomic E-state index is 0.525. The van der Waals surface area contributed by atoms with Gasteiger partial charge in [-0.3, -0.25) is 0 Å². The summed E-state index contributed by atoms with van der Waals surface area (Å²) in [5, 5.41) is 0. The van der Waals surface area contributed by atoms with Crippen LogP contribution in [0.2, 0.25) is 0 Å². The van der Waals surface area contributed by atoms with Crippen molar-refractivity contribution in [3.05, 3.63) is 280 Å². The fraction of sp³-hybridized carbons (Fsp3) is 0.0175. The van der Waals surface area contributed by atoms with Crippen LogP contribution >= 0.6 is 15.9 Å². The molecule has 2 heteroatoms. The summed E-state index contributed by atoms with van der Waals surface area (Å²) in [5.41, 5.74) is 20.3. The molecule has 0 N–H and O–H groups in total. The number of para-hydroxylation sites is 2. The Morgan fingerprint density at radius 2 is 0.814 bits per heavy atom. The van der Waals surface area contributed by atoms with Crippen LogP contribution in [-0.4, -0.2) is 0 Å². The predicted molar refractivity (Wildman–Crippen MR) is 249 cm³/mol. The van der Waals surface area contributed by atoms with Gasteiger partial charge in [-0.2, -0.15) is 0 Å². The largest absolute Gasteiger partial charge is 0.310 e. The number of anilines is 3. The van der Waals surface area contributed by atoms with E-state index in [1.54, 1.807) is 0 Å². The molecule has 1 aliphatic carbocycles. The van der Waals surface area contributed by atoms with E-state index in [-0.39, 0.29) is 0 Å². The number of rotatable bonds is 6. The van der Waals surface area contributed by atoms with Crippen LogP contribution in [0, 0.1) is 0 Å². The molecule has 0 bridgehead atoms. The Hall–Kier alpha value is -7.00. The lowest BCUT2D eigenvalue weighted by molar-refractivity contribution is 0.752. The Morgan fingerprint density at radius 1 is 0.339 bits per heavy atom. The van der Waals surface area contributed by atoms with Gasteiger partial charge in [0.1, 0.15) is 0 Å². The number of fused-ring (bicyclic) bond motifs is 9. The summed E-state index contributed by atoms with van der Waals surface area (Å²) in [4.78, 5) is 2.43. The highest BCUT2D eigenvalue weighted by Crippen LogP contribution is 2.64. The molecule has 59 heavy (non-hydrogen) atoms. The van der Waals surface area contributed by atoms with Gasteiger partial charge in [-0.15, -0.1) is 0 Å². The average Bonchev–Trinajstić information content (AvgIpc) is 3.59. The van der Waals surface area contributed by atoms with Crippen molar-refractivity contribution in [2.45, 2.75) is 5.41 Å². The van der Waals surface area contributed by atoms with Gasteiger partial charge in [0.2, 0.25) is 0 Å². The maximum Gasteiger partial charge on any atom is 0.0754 e. The molecule has 1 nitrogen and oxygen atoms in total. The molecule has 0 saturated carbocycles. The molecule has 2 aliphatic rings. The first-order valence-electron chi connectivity index (χ1n) is 20.2. The number of benzene rings is 9. The monoisotopic (exact) mass is 815 g/mol. The van der Waals surface area contributed by atoms with E-state index in [4.69, 9.17) is 0 Å². The Balaban J connectivity index is 1.11. The standard InChI is InChI=1S/C57H38BrN/c58-45-34-36-51-54(38-45)59(46-23-11-4-12-24-46)53-28-16-15-27-50(53)57(51)49-26-14-13-25-47(49)48-35-33-44(37-52(48)57)39-29-31-43(32-30-39)56(42-21-9-3-10-22-42)55(40-17-5-1-6-18-40)41-19-7-2-8-20-41/h1-38H. The van der Waals surface area contributed by atoms with Crippen molar-refractivity contribution < 1.29 is 0 Å². The molecule has 0 amide bonds. The molecule has 1 unspecified atom stereocenters. The highest BCUT2D eigenvalue weighted by molar-refractivity contribution is 9.10. The highest BCUT2D eigenvalue weighted by Gasteiger charge is 2.51. The van der Waals surface area contributed by atoms with Gasteiger partial charge in [0.15, 0.2) is 0 Å². The summed E-state index contributed by atoms with van der Waals surface area (Å²) in [6.07, 6.45) is 0. The van der Waals surface area contributed by atoms with Crippen molar-refractivity contribution in [3.8, 4) is 22.3 Å². The van der Waals surface area contributed by atoms with Gasteiger partial charge in [-0.25, -0.2) is 0 Å². The van der Waals surface area contributed by atoms with E-state index in [0.717, 1.165) is 10.2 Å². The highest BCUT2D eigenvalue weighted by atomic mass is 79.9. The zero-order valence-electron chi connectivity index (χ0n) is 32.3. The van der Waals surface area contributed by atoms with Crippen LogP contribution in [0.3, 0.4) is 0 Å². The van der Waals surface area contributed by atoms with Gasteiger partial charge in [0, 0.05) is 10.2 Å². The molecule has 11 rings (SSSR count). The summed E-state index contributed by atoms with van der Waals surface area (Å²) in [5.74, 6) is 0. The molecule has 1 heterocycles. The van der Waals surface area contributed by atoms with Crippen molar-refractivity contribution in [3.63, 3.8) is 0 Å². The molecule has 0 saturated heterocycles. The summed E-state index contributed by atoms with van der Waals surface area (Å²) in [6, 6.07) is 84.4. The zero-order chi connectivity index (χ0) is 39.3. The van der Waals surface area contributed by atoms with Gasteiger partial charge in [0.05, 0.1) is 16.8 Å². The van der Waals surface area contributed by atoms with Crippen molar-refractivity contribution in [2.75, 3.05) is 4.90 Å². The Kier molecular flexibility index (Phi) is 8.61. The van der Waals surface area contributed by atoms with E-state index in [9.17, 15) is 0 Å². The van der Waals surface area contributed by atoms with Crippen LogP contribution in [0.5, 0.6) is 0 Å². The summed E-state index contributed by atoms with van der Waals surface area (Å²) >= 11 is 3.87. The third-order valence-electron chi connectivity index (χ3n) is 12.2. The maximum atomic E-state index is 3.87. The van der Waals surface area contributed by atoms with Crippen molar-refractivity contribution in [1.82, 2.24) is 0 Å². The Labute approximate surface area is 354 Å². The van der Waals surface area contributed by atoms with E-state index in [1.807, 2.05) is 0 Å². The molecular weight excluding hydrogens is 779 g/mol. The van der Waals surface area contributed by atoms with Crippen LogP contribution in [0.4, 0.5) is 17.1 Å². The molecular formula is C57H38BrN. The minimum atomic E-state index is -0.525. The average molecular weight is 817 g/mol. The van der Waals surface area contributed by atoms with Gasteiger partial charge < -0.3 is 4.90 Å². The number of hydrogen-bond donors (Lipinski definition) is 0. The molecule has 9 aromatic rings. The summed E-state index contributed by atoms with van der Waals surface area (Å²) < 4.78 is 1.05. The molecule has 0 radical (unpaired) electrons. The van der Waals surface area contributed by atoms with Crippen LogP contribution in [0.15, 0.2) is 235 Å². The van der Waals surface area contributed by atoms with E-state index < -0.39 is 5.41 Å². The molecule has 1 spiro atoms. The number of halogens is 1. The second-order valence-corrected chi connectivity index (χ2v) is 16.2. The normalized spacial score (nSPS) is 14.6. The van der Waals surface area contributed by atoms with Gasteiger partial charge >= 0.3 is 0 Å². The first-order chi connectivity index (χ1) is 29.2. The molecule has 9 aromatic carbocycles. The fourth-order valence-electron chi connectivity index (χ4n) is 9.72. The van der Waals surface area contributed by atoms with Crippen LogP contribution in [0.25, 0.3) is 33.4 Å². The zero-order valence-corrected chi connectivity index (χ0v) is 33.9. The summed E-state index contributed by atoms with van der Waals surface area (Å²) in [6.45, 7) is 0. The van der Waals surface area contributed by atoms with Crippen LogP contribution in [-0.2, 0) is 5.41 Å². The SMILES string of the molecule is Brc1ccc2c(c1)N(c1ccccc1)c1ccccc1C21c2ccccc2-c2ccc(-c3ccc(C(=C(c4ccccc4)c4ccccc4)c4ccccc4)cc3)cc21. The predicted octanol–water partition coefficient (Wildman–Crippen LogP) is 15.3. The first kappa shape index (κ1) is 35.2. The lowest BCUT2D eigenvalue weighted by atomic mass is 9.64. The quantitative estimate of drug-likeness (QED) is 0.151. The fourth-order valence-corrected chi connectivity index (χ4v) is 10.1. The third-order valence-corrected chi connectivity index (χ3v) is 12.7. The topological polar surface area (TPSA) is 3.24 Å². The van der Waals surface area contributed by atoms with Crippen LogP contribution < -0.4 is 4.90 Å². The number of hydrogen-bond acceptors (Lipinski definition) is 1. The smallest absolute Gasteiger partial charge is 0.0754 e. The number of nitrogens with zero attached hydrogens (tertiary/aromatic N) is 1. The first-order valence-corrected chi connectivity index (χ1v) is 21.0. The van der Waals surface area contributed by atoms with Gasteiger partial charge in [-0.05, 0) is 114 Å². The van der Waals surface area contributed by atoms with Gasteiger partial charge in [0.25, 0.3) is 0 Å². The molecule has 1 atom stereocenters. The minimum Gasteiger partial charge on any atom is -0.310 e. The van der Waals surface area contributed by atoms with E-state index in [2.05, 4.69) is 251 Å². The second kappa shape index (κ2) is 14.4. The Bertz CT molecular complexity index is 2980. The molecule has 0 fully saturated rings. The van der Waals surface area contributed by atoms with Crippen molar-refractivity contribution in [1.29, 1.82) is 0 Å². The second-order valence-electron chi connectivity index (χ2n) is 15.3. The lowest BCUT2D eigenvalue weighted by Gasteiger charge is -2.45. The van der Waals surface area contributed by atoms with Crippen molar-refractivity contribution in [2.24, 2.45) is 0 Å². The van der Waals surface area contributed by atoms with E-state index in [0.29, 0.717) is 0 Å². The molecule has 278 valence electrons. The van der Waals surface area contributed by atoms with Crippen molar-refractivity contribution >= 4 is 44.1 Å². The van der Waals surface area contributed by atoms with E-state index >= 15 is 0 Å². The maximum absolute atomic E-state index is 3.87. The lowest BCUT2D eigenvalue weighted by Crippen LogP contribution is -2.36.